The van der Waals surface area contributed by atoms with Crippen LogP contribution in [0.3, 0.4) is 0 Å². The third-order valence-corrected chi connectivity index (χ3v) is 7.26. The van der Waals surface area contributed by atoms with Gasteiger partial charge in [0, 0.05) is 51.4 Å². The molecule has 1 aromatic heterocycles. The van der Waals surface area contributed by atoms with Crippen LogP contribution < -0.4 is 4.90 Å². The Labute approximate surface area is 188 Å². The molecule has 0 N–H and O–H groups in total. The van der Waals surface area contributed by atoms with Crippen LogP contribution in [0.4, 0.5) is 10.8 Å². The molecule has 0 unspecified atom stereocenters. The number of hydrogen-bond donors (Lipinski definition) is 0. The average molecular weight is 441 g/mol. The van der Waals surface area contributed by atoms with E-state index in [0.717, 1.165) is 56.1 Å². The van der Waals surface area contributed by atoms with Crippen LogP contribution in [-0.4, -0.2) is 52.8 Å². The molecule has 4 rings (SSSR count). The highest BCUT2D eigenvalue weighted by atomic mass is 32.1. The predicted molar refractivity (Wildman–Crippen MR) is 125 cm³/mol. The molecule has 1 aliphatic heterocycles. The Kier molecular flexibility index (Phi) is 7.02. The van der Waals surface area contributed by atoms with E-state index < -0.39 is 0 Å². The number of aryl methyl sites for hydroxylation is 1. The van der Waals surface area contributed by atoms with Gasteiger partial charge >= 0.3 is 0 Å². The lowest BCUT2D eigenvalue weighted by Gasteiger charge is -2.34. The van der Waals surface area contributed by atoms with Crippen molar-refractivity contribution in [2.45, 2.75) is 52.5 Å². The van der Waals surface area contributed by atoms with Crippen LogP contribution in [0.15, 0.2) is 29.6 Å². The van der Waals surface area contributed by atoms with Crippen molar-refractivity contribution in [3.8, 4) is 0 Å². The van der Waals surface area contributed by atoms with Crippen molar-refractivity contribution < 1.29 is 9.59 Å². The highest BCUT2D eigenvalue weighted by molar-refractivity contribution is 7.14. The lowest BCUT2D eigenvalue weighted by Crippen LogP contribution is -2.48. The number of rotatable bonds is 6. The number of piperazine rings is 1. The first kappa shape index (κ1) is 22.0. The van der Waals surface area contributed by atoms with E-state index in [1.165, 1.54) is 37.0 Å². The monoisotopic (exact) mass is 440 g/mol. The van der Waals surface area contributed by atoms with Crippen LogP contribution in [-0.2, 0) is 16.1 Å². The molecule has 1 aromatic carbocycles. The summed E-state index contributed by atoms with van der Waals surface area (Å²) in [5.74, 6) is 0.897. The standard InChI is InChI=1S/C24H32N4O2S/c1-18-7-9-22(10-8-18)28(19(2)29)24-25-21(17-31-24)16-26-11-13-27(14-12-26)23(30)15-20-5-3-4-6-20/h7-10,17,20H,3-6,11-16H2,1-2H3. The number of carbonyl (C=O) groups excluding carboxylic acids is 2. The van der Waals surface area contributed by atoms with Gasteiger partial charge in [0.05, 0.1) is 11.4 Å². The second-order valence-corrected chi connectivity index (χ2v) is 9.66. The zero-order chi connectivity index (χ0) is 21.8. The van der Waals surface area contributed by atoms with Gasteiger partial charge in [-0.1, -0.05) is 30.5 Å². The van der Waals surface area contributed by atoms with Crippen molar-refractivity contribution in [1.29, 1.82) is 0 Å². The third kappa shape index (κ3) is 5.52. The van der Waals surface area contributed by atoms with Gasteiger partial charge in [-0.3, -0.25) is 19.4 Å². The number of nitrogens with zero attached hydrogens (tertiary/aromatic N) is 4. The minimum Gasteiger partial charge on any atom is -0.340 e. The number of thiazole rings is 1. The second kappa shape index (κ2) is 9.92. The van der Waals surface area contributed by atoms with Gasteiger partial charge in [0.2, 0.25) is 11.8 Å². The summed E-state index contributed by atoms with van der Waals surface area (Å²) in [7, 11) is 0. The minimum atomic E-state index is -0.0425. The zero-order valence-corrected chi connectivity index (χ0v) is 19.4. The van der Waals surface area contributed by atoms with Crippen LogP contribution in [0.2, 0.25) is 0 Å². The summed E-state index contributed by atoms with van der Waals surface area (Å²) in [5, 5.41) is 2.74. The number of amides is 2. The fourth-order valence-electron chi connectivity index (χ4n) is 4.57. The molecule has 1 saturated heterocycles. The van der Waals surface area contributed by atoms with E-state index >= 15 is 0 Å². The number of hydrogen-bond acceptors (Lipinski definition) is 5. The van der Waals surface area contributed by atoms with E-state index in [-0.39, 0.29) is 5.91 Å². The van der Waals surface area contributed by atoms with E-state index in [4.69, 9.17) is 4.98 Å². The Hall–Kier alpha value is -2.25. The highest BCUT2D eigenvalue weighted by Gasteiger charge is 2.26. The molecule has 2 aromatic rings. The molecule has 166 valence electrons. The Morgan fingerprint density at radius 2 is 1.77 bits per heavy atom. The molecule has 2 aliphatic rings. The first-order valence-electron chi connectivity index (χ1n) is 11.3. The largest absolute Gasteiger partial charge is 0.340 e. The van der Waals surface area contributed by atoms with Crippen LogP contribution in [0.1, 0.15) is 50.3 Å². The Balaban J connectivity index is 1.32. The van der Waals surface area contributed by atoms with Gasteiger partial charge in [-0.15, -0.1) is 11.3 Å². The summed E-state index contributed by atoms with van der Waals surface area (Å²) in [6.07, 6.45) is 5.74. The fourth-order valence-corrected chi connectivity index (χ4v) is 5.45. The molecule has 1 aliphatic carbocycles. The van der Waals surface area contributed by atoms with Crippen LogP contribution in [0.5, 0.6) is 0 Å². The highest BCUT2D eigenvalue weighted by Crippen LogP contribution is 2.30. The van der Waals surface area contributed by atoms with Crippen molar-refractivity contribution >= 4 is 34.0 Å². The molecule has 2 amide bonds. The van der Waals surface area contributed by atoms with Gasteiger partial charge in [0.1, 0.15) is 0 Å². The molecule has 0 radical (unpaired) electrons. The van der Waals surface area contributed by atoms with Crippen molar-refractivity contribution in [2.75, 3.05) is 31.1 Å². The molecule has 0 spiro atoms. The van der Waals surface area contributed by atoms with Gasteiger partial charge in [-0.2, -0.15) is 0 Å². The lowest BCUT2D eigenvalue weighted by molar-refractivity contribution is -0.134. The molecular formula is C24H32N4O2S. The smallest absolute Gasteiger partial charge is 0.230 e. The van der Waals surface area contributed by atoms with Crippen molar-refractivity contribution in [3.05, 3.63) is 40.9 Å². The SMILES string of the molecule is CC(=O)N(c1ccc(C)cc1)c1nc(CN2CCN(C(=O)CC3CCCC3)CC2)cs1. The summed E-state index contributed by atoms with van der Waals surface area (Å²) in [6.45, 7) is 7.70. The lowest BCUT2D eigenvalue weighted by atomic mass is 10.0. The maximum Gasteiger partial charge on any atom is 0.230 e. The maximum absolute atomic E-state index is 12.6. The van der Waals surface area contributed by atoms with Crippen LogP contribution in [0.25, 0.3) is 0 Å². The van der Waals surface area contributed by atoms with E-state index in [0.29, 0.717) is 17.0 Å². The second-order valence-electron chi connectivity index (χ2n) is 8.82. The minimum absolute atomic E-state index is 0.0425. The summed E-state index contributed by atoms with van der Waals surface area (Å²) in [4.78, 5) is 35.7. The van der Waals surface area contributed by atoms with E-state index in [2.05, 4.69) is 4.90 Å². The Morgan fingerprint density at radius 3 is 2.42 bits per heavy atom. The Morgan fingerprint density at radius 1 is 1.10 bits per heavy atom. The topological polar surface area (TPSA) is 56.8 Å². The molecule has 2 heterocycles. The van der Waals surface area contributed by atoms with Gasteiger partial charge in [0.25, 0.3) is 0 Å². The van der Waals surface area contributed by atoms with Crippen molar-refractivity contribution in [2.24, 2.45) is 5.92 Å². The van der Waals surface area contributed by atoms with Gasteiger partial charge < -0.3 is 4.90 Å². The van der Waals surface area contributed by atoms with E-state index in [9.17, 15) is 9.59 Å². The molecule has 31 heavy (non-hydrogen) atoms. The van der Waals surface area contributed by atoms with E-state index in [1.54, 1.807) is 11.8 Å². The van der Waals surface area contributed by atoms with Crippen molar-refractivity contribution in [3.63, 3.8) is 0 Å². The van der Waals surface area contributed by atoms with Gasteiger partial charge in [0.15, 0.2) is 5.13 Å². The number of benzene rings is 1. The third-order valence-electron chi connectivity index (χ3n) is 6.39. The maximum atomic E-state index is 12.6. The normalized spacial score (nSPS) is 17.8. The average Bonchev–Trinajstić information content (AvgIpc) is 3.42. The number of carbonyl (C=O) groups is 2. The Bertz CT molecular complexity index is 897. The first-order chi connectivity index (χ1) is 15.0. The molecule has 2 fully saturated rings. The summed E-state index contributed by atoms with van der Waals surface area (Å²) >= 11 is 1.50. The summed E-state index contributed by atoms with van der Waals surface area (Å²) < 4.78 is 0. The predicted octanol–water partition coefficient (Wildman–Crippen LogP) is 4.36. The fraction of sp³-hybridized carbons (Fsp3) is 0.542. The molecule has 0 bridgehead atoms. The van der Waals surface area contributed by atoms with Crippen LogP contribution >= 0.6 is 11.3 Å². The summed E-state index contributed by atoms with van der Waals surface area (Å²) in [5.41, 5.74) is 2.98. The van der Waals surface area contributed by atoms with Gasteiger partial charge in [-0.25, -0.2) is 4.98 Å². The number of anilines is 2. The zero-order valence-electron chi connectivity index (χ0n) is 18.5. The van der Waals surface area contributed by atoms with Crippen molar-refractivity contribution in [1.82, 2.24) is 14.8 Å². The first-order valence-corrected chi connectivity index (χ1v) is 12.2. The van der Waals surface area contributed by atoms with Gasteiger partial charge in [-0.05, 0) is 37.8 Å². The molecule has 6 nitrogen and oxygen atoms in total. The molecular weight excluding hydrogens is 408 g/mol. The summed E-state index contributed by atoms with van der Waals surface area (Å²) in [6, 6.07) is 7.93. The number of aromatic nitrogens is 1. The van der Waals surface area contributed by atoms with Crippen LogP contribution in [0, 0.1) is 12.8 Å². The molecule has 1 saturated carbocycles. The molecule has 0 atom stereocenters. The quantitative estimate of drug-likeness (QED) is 0.670. The molecule has 7 heteroatoms. The van der Waals surface area contributed by atoms with E-state index in [1.807, 2.05) is 41.5 Å².